The number of aromatic nitrogens is 3. The number of hydrogen-bond acceptors (Lipinski definition) is 4. The molecule has 2 fully saturated rings. The van der Waals surface area contributed by atoms with Crippen LogP contribution >= 0.6 is 0 Å². The van der Waals surface area contributed by atoms with Crippen molar-refractivity contribution in [2.24, 2.45) is 4.99 Å². The van der Waals surface area contributed by atoms with Gasteiger partial charge in [0.2, 0.25) is 0 Å². The first-order chi connectivity index (χ1) is 11.3. The Balaban J connectivity index is 1.47. The molecule has 0 aromatic carbocycles. The van der Waals surface area contributed by atoms with Gasteiger partial charge in [-0.25, -0.2) is 4.99 Å². The molecule has 3 unspecified atom stereocenters. The minimum absolute atomic E-state index is 0.331. The quantitative estimate of drug-likeness (QED) is 0.653. The van der Waals surface area contributed by atoms with Crippen molar-refractivity contribution in [2.45, 2.75) is 51.0 Å². The van der Waals surface area contributed by atoms with Gasteiger partial charge in [-0.3, -0.25) is 4.40 Å². The van der Waals surface area contributed by atoms with Gasteiger partial charge in [0.15, 0.2) is 17.4 Å². The van der Waals surface area contributed by atoms with Crippen LogP contribution in [0.25, 0.3) is 5.65 Å². The van der Waals surface area contributed by atoms with Gasteiger partial charge in [0.25, 0.3) is 0 Å². The summed E-state index contributed by atoms with van der Waals surface area (Å²) in [7, 11) is 0. The summed E-state index contributed by atoms with van der Waals surface area (Å²) in [6, 6.07) is 6.23. The lowest BCUT2D eigenvalue weighted by Gasteiger charge is -2.22. The first-order valence-electron chi connectivity index (χ1n) is 8.32. The fourth-order valence-electron chi connectivity index (χ4n) is 3.43. The maximum absolute atomic E-state index is 5.90. The van der Waals surface area contributed by atoms with E-state index in [9.17, 15) is 0 Å². The van der Waals surface area contributed by atoms with E-state index in [-0.39, 0.29) is 0 Å². The largest absolute Gasteiger partial charge is 0.373 e. The second kappa shape index (κ2) is 6.16. The summed E-state index contributed by atoms with van der Waals surface area (Å²) in [6.45, 7) is 3.39. The van der Waals surface area contributed by atoms with Gasteiger partial charge in [-0.05, 0) is 38.3 Å². The van der Waals surface area contributed by atoms with Crippen molar-refractivity contribution in [1.29, 1.82) is 0 Å². The molecule has 4 heterocycles. The average Bonchev–Trinajstić information content (AvgIpc) is 3.28. The fourth-order valence-corrected chi connectivity index (χ4v) is 3.43. The van der Waals surface area contributed by atoms with Crippen LogP contribution in [0.15, 0.2) is 29.4 Å². The van der Waals surface area contributed by atoms with E-state index in [4.69, 9.17) is 4.74 Å². The lowest BCUT2D eigenvalue weighted by Crippen LogP contribution is -2.47. The van der Waals surface area contributed by atoms with Crippen LogP contribution in [0.5, 0.6) is 0 Å². The number of rotatable bonds is 4. The van der Waals surface area contributed by atoms with Crippen LogP contribution < -0.4 is 10.6 Å². The molecule has 0 aliphatic carbocycles. The van der Waals surface area contributed by atoms with E-state index in [0.717, 1.165) is 36.8 Å². The first kappa shape index (κ1) is 14.4. The van der Waals surface area contributed by atoms with Crippen molar-refractivity contribution in [3.63, 3.8) is 0 Å². The minimum Gasteiger partial charge on any atom is -0.373 e. The Labute approximate surface area is 135 Å². The number of aliphatic imine (C=N–C) groups is 1. The second-order valence-corrected chi connectivity index (χ2v) is 6.10. The number of fused-ring (bicyclic) bond motifs is 3. The fraction of sp³-hybridized carbons (Fsp3) is 0.562. The molecule has 2 saturated heterocycles. The van der Waals surface area contributed by atoms with Crippen molar-refractivity contribution >= 4 is 11.6 Å². The number of nitrogens with zero attached hydrogens (tertiary/aromatic N) is 4. The zero-order valence-corrected chi connectivity index (χ0v) is 13.3. The lowest BCUT2D eigenvalue weighted by molar-refractivity contribution is 0.0992. The van der Waals surface area contributed by atoms with E-state index < -0.39 is 0 Å². The Kier molecular flexibility index (Phi) is 3.87. The Morgan fingerprint density at radius 3 is 3.13 bits per heavy atom. The van der Waals surface area contributed by atoms with E-state index in [0.29, 0.717) is 24.8 Å². The SMILES string of the molecule is CCNC(=NCc1nnc2ccccn12)NC1CC2CCC1O2. The van der Waals surface area contributed by atoms with Gasteiger partial charge in [-0.1, -0.05) is 6.07 Å². The standard InChI is InChI=1S/C16H22N6O/c1-2-17-16(19-12-9-11-6-7-13(12)23-11)18-10-15-21-20-14-5-3-4-8-22(14)15/h3-5,8,11-13H,2,6-7,9-10H2,1H3,(H2,17,18,19). The molecule has 2 aliphatic rings. The Morgan fingerprint density at radius 1 is 1.39 bits per heavy atom. The summed E-state index contributed by atoms with van der Waals surface area (Å²) in [5.74, 6) is 1.66. The Hall–Kier alpha value is -2.15. The molecule has 3 atom stereocenters. The zero-order chi connectivity index (χ0) is 15.6. The highest BCUT2D eigenvalue weighted by Crippen LogP contribution is 2.34. The molecule has 7 nitrogen and oxygen atoms in total. The van der Waals surface area contributed by atoms with E-state index in [1.807, 2.05) is 28.8 Å². The third kappa shape index (κ3) is 2.88. The predicted octanol–water partition coefficient (Wildman–Crippen LogP) is 1.10. The van der Waals surface area contributed by atoms with Gasteiger partial charge in [0, 0.05) is 12.7 Å². The monoisotopic (exact) mass is 314 g/mol. The molecule has 0 radical (unpaired) electrons. The molecule has 0 saturated carbocycles. The van der Waals surface area contributed by atoms with Crippen LogP contribution in [0.1, 0.15) is 32.0 Å². The van der Waals surface area contributed by atoms with Gasteiger partial charge >= 0.3 is 0 Å². The summed E-state index contributed by atoms with van der Waals surface area (Å²) in [6.07, 6.45) is 6.14. The van der Waals surface area contributed by atoms with Crippen LogP contribution in [0.4, 0.5) is 0 Å². The highest BCUT2D eigenvalue weighted by atomic mass is 16.5. The molecule has 0 amide bonds. The summed E-state index contributed by atoms with van der Waals surface area (Å²) in [4.78, 5) is 4.67. The van der Waals surface area contributed by atoms with Crippen molar-refractivity contribution in [2.75, 3.05) is 6.54 Å². The Morgan fingerprint density at radius 2 is 2.35 bits per heavy atom. The van der Waals surface area contributed by atoms with Crippen LogP contribution in [-0.2, 0) is 11.3 Å². The van der Waals surface area contributed by atoms with Crippen LogP contribution in [-0.4, -0.2) is 45.4 Å². The molecule has 2 N–H and O–H groups in total. The summed E-state index contributed by atoms with van der Waals surface area (Å²) < 4.78 is 7.87. The van der Waals surface area contributed by atoms with Crippen LogP contribution in [0.3, 0.4) is 0 Å². The second-order valence-electron chi connectivity index (χ2n) is 6.10. The summed E-state index contributed by atoms with van der Waals surface area (Å²) >= 11 is 0. The normalized spacial score (nSPS) is 26.8. The average molecular weight is 314 g/mol. The molecular formula is C16H22N6O. The maximum Gasteiger partial charge on any atom is 0.192 e. The van der Waals surface area contributed by atoms with Crippen LogP contribution in [0, 0.1) is 0 Å². The van der Waals surface area contributed by atoms with Crippen molar-refractivity contribution in [3.05, 3.63) is 30.2 Å². The van der Waals surface area contributed by atoms with E-state index in [1.165, 1.54) is 6.42 Å². The van der Waals surface area contributed by atoms with Gasteiger partial charge in [0.05, 0.1) is 18.2 Å². The van der Waals surface area contributed by atoms with Gasteiger partial charge in [0.1, 0.15) is 6.54 Å². The molecule has 0 spiro atoms. The van der Waals surface area contributed by atoms with E-state index >= 15 is 0 Å². The maximum atomic E-state index is 5.90. The molecule has 23 heavy (non-hydrogen) atoms. The number of guanidine groups is 1. The third-order valence-corrected chi connectivity index (χ3v) is 4.54. The first-order valence-corrected chi connectivity index (χ1v) is 8.32. The van der Waals surface area contributed by atoms with Crippen molar-refractivity contribution < 1.29 is 4.74 Å². The molecule has 2 bridgehead atoms. The topological polar surface area (TPSA) is 75.8 Å². The zero-order valence-electron chi connectivity index (χ0n) is 13.3. The molecule has 122 valence electrons. The van der Waals surface area contributed by atoms with Crippen LogP contribution in [0.2, 0.25) is 0 Å². The highest BCUT2D eigenvalue weighted by Gasteiger charge is 2.41. The molecule has 2 aromatic heterocycles. The van der Waals surface area contributed by atoms with E-state index in [1.54, 1.807) is 0 Å². The lowest BCUT2D eigenvalue weighted by atomic mass is 9.96. The number of ether oxygens (including phenoxy) is 1. The minimum atomic E-state index is 0.331. The number of nitrogens with one attached hydrogen (secondary N) is 2. The predicted molar refractivity (Wildman–Crippen MR) is 87.2 cm³/mol. The summed E-state index contributed by atoms with van der Waals surface area (Å²) in [5, 5.41) is 15.2. The molecular weight excluding hydrogens is 292 g/mol. The smallest absolute Gasteiger partial charge is 0.192 e. The summed E-state index contributed by atoms with van der Waals surface area (Å²) in [5.41, 5.74) is 0.845. The molecule has 2 aromatic rings. The van der Waals surface area contributed by atoms with Crippen molar-refractivity contribution in [3.8, 4) is 0 Å². The number of hydrogen-bond donors (Lipinski definition) is 2. The molecule has 7 heteroatoms. The van der Waals surface area contributed by atoms with Crippen molar-refractivity contribution in [1.82, 2.24) is 25.2 Å². The number of pyridine rings is 1. The van der Waals surface area contributed by atoms with E-state index in [2.05, 4.69) is 32.7 Å². The Bertz CT molecular complexity index is 711. The van der Waals surface area contributed by atoms with Gasteiger partial charge in [-0.15, -0.1) is 10.2 Å². The molecule has 2 aliphatic heterocycles. The highest BCUT2D eigenvalue weighted by molar-refractivity contribution is 5.80. The molecule has 4 rings (SSSR count). The third-order valence-electron chi connectivity index (χ3n) is 4.54. The van der Waals surface area contributed by atoms with Gasteiger partial charge in [-0.2, -0.15) is 0 Å². The van der Waals surface area contributed by atoms with Gasteiger partial charge < -0.3 is 15.4 Å².